The van der Waals surface area contributed by atoms with E-state index < -0.39 is 29.8 Å². The summed E-state index contributed by atoms with van der Waals surface area (Å²) in [6, 6.07) is 14.6. The standard InChI is InChI=1S/C31H29Cl2F4N3O4/c32-25-8-6-20(16-26(25)33)23(28(41)38-18-19-3-1-4-22(15-19)43-31(35,36)37)5-2-12-40-13-10-30(11-14-40)24-17-21(34)7-9-27(24)39-29(42)44-30/h1,3-4,6-9,15-17,23H,2,5,10-14,18H2,(H,38,41)(H,39,42). The number of benzene rings is 3. The molecule has 0 saturated carbocycles. The topological polar surface area (TPSA) is 79.9 Å². The molecule has 2 aliphatic rings. The van der Waals surface area contributed by atoms with E-state index in [-0.39, 0.29) is 18.2 Å². The van der Waals surface area contributed by atoms with Crippen LogP contribution in [0.1, 0.15) is 48.3 Å². The molecular formula is C31H29Cl2F4N3O4. The highest BCUT2D eigenvalue weighted by Crippen LogP contribution is 2.44. The van der Waals surface area contributed by atoms with Crippen LogP contribution < -0.4 is 15.4 Å². The largest absolute Gasteiger partial charge is 0.573 e. The Morgan fingerprint density at radius 2 is 1.84 bits per heavy atom. The molecule has 1 spiro atoms. The lowest BCUT2D eigenvalue weighted by molar-refractivity contribution is -0.274. The van der Waals surface area contributed by atoms with Crippen LogP contribution in [0.2, 0.25) is 10.0 Å². The maximum atomic E-state index is 14.1. The molecule has 44 heavy (non-hydrogen) atoms. The molecule has 7 nitrogen and oxygen atoms in total. The Kier molecular flexibility index (Phi) is 9.57. The van der Waals surface area contributed by atoms with Crippen LogP contribution in [0.15, 0.2) is 60.7 Å². The van der Waals surface area contributed by atoms with E-state index in [0.29, 0.717) is 77.7 Å². The average molecular weight is 654 g/mol. The number of ether oxygens (including phenoxy) is 2. The number of amides is 2. The molecule has 2 aliphatic heterocycles. The van der Waals surface area contributed by atoms with Crippen LogP contribution in [0.3, 0.4) is 0 Å². The molecule has 13 heteroatoms. The highest BCUT2D eigenvalue weighted by Gasteiger charge is 2.44. The van der Waals surface area contributed by atoms with E-state index in [9.17, 15) is 27.2 Å². The fourth-order valence-corrected chi connectivity index (χ4v) is 6.05. The van der Waals surface area contributed by atoms with Gasteiger partial charge in [-0.2, -0.15) is 0 Å². The molecule has 3 aromatic rings. The SMILES string of the molecule is O=C1Nc2ccc(F)cc2C2(CCN(CCCC(C(=O)NCc3cccc(OC(F)(F)F)c3)c3ccc(Cl)c(Cl)c3)CC2)O1. The first-order chi connectivity index (χ1) is 20.9. The summed E-state index contributed by atoms with van der Waals surface area (Å²) in [5.41, 5.74) is 1.37. The van der Waals surface area contributed by atoms with Gasteiger partial charge in [-0.25, -0.2) is 9.18 Å². The van der Waals surface area contributed by atoms with Gasteiger partial charge in [-0.1, -0.05) is 41.4 Å². The van der Waals surface area contributed by atoms with Crippen LogP contribution in [0.25, 0.3) is 0 Å². The summed E-state index contributed by atoms with van der Waals surface area (Å²) in [6.07, 6.45) is -3.32. The number of halogens is 6. The highest BCUT2D eigenvalue weighted by molar-refractivity contribution is 6.42. The van der Waals surface area contributed by atoms with Crippen molar-refractivity contribution in [3.05, 3.63) is 93.2 Å². The molecule has 0 bridgehead atoms. The maximum absolute atomic E-state index is 14.1. The monoisotopic (exact) mass is 653 g/mol. The van der Waals surface area contributed by atoms with E-state index >= 15 is 0 Å². The number of hydrogen-bond donors (Lipinski definition) is 2. The number of hydrogen-bond acceptors (Lipinski definition) is 5. The Labute approximate surface area is 261 Å². The molecule has 1 atom stereocenters. The molecule has 2 N–H and O–H groups in total. The number of piperidine rings is 1. The number of rotatable bonds is 9. The molecule has 2 heterocycles. The van der Waals surface area contributed by atoms with Crippen molar-refractivity contribution in [1.29, 1.82) is 0 Å². The van der Waals surface area contributed by atoms with Gasteiger partial charge in [-0.15, -0.1) is 13.2 Å². The molecule has 0 radical (unpaired) electrons. The molecule has 0 aromatic heterocycles. The van der Waals surface area contributed by atoms with E-state index in [2.05, 4.69) is 20.3 Å². The zero-order chi connectivity index (χ0) is 31.5. The fraction of sp³-hybridized carbons (Fsp3) is 0.355. The second kappa shape index (κ2) is 13.2. The number of nitrogens with zero attached hydrogens (tertiary/aromatic N) is 1. The average Bonchev–Trinajstić information content (AvgIpc) is 2.96. The normalized spacial score (nSPS) is 16.9. The first-order valence-corrected chi connectivity index (χ1v) is 14.8. The lowest BCUT2D eigenvalue weighted by Crippen LogP contribution is -2.48. The molecule has 234 valence electrons. The van der Waals surface area contributed by atoms with E-state index in [0.717, 1.165) is 0 Å². The molecule has 1 fully saturated rings. The number of anilines is 1. The number of alkyl halides is 3. The minimum Gasteiger partial charge on any atom is -0.438 e. The smallest absolute Gasteiger partial charge is 0.438 e. The minimum atomic E-state index is -4.82. The summed E-state index contributed by atoms with van der Waals surface area (Å²) in [5, 5.41) is 6.10. The van der Waals surface area contributed by atoms with E-state index in [4.69, 9.17) is 27.9 Å². The molecule has 3 aromatic carbocycles. The van der Waals surface area contributed by atoms with Crippen LogP contribution in [0.5, 0.6) is 5.75 Å². The second-order valence-corrected chi connectivity index (χ2v) is 11.6. The number of carbonyl (C=O) groups excluding carboxylic acids is 2. The van der Waals surface area contributed by atoms with Crippen molar-refractivity contribution in [2.45, 2.75) is 50.1 Å². The maximum Gasteiger partial charge on any atom is 0.573 e. The summed E-state index contributed by atoms with van der Waals surface area (Å²) >= 11 is 12.3. The summed E-state index contributed by atoms with van der Waals surface area (Å²) in [7, 11) is 0. The second-order valence-electron chi connectivity index (χ2n) is 10.8. The van der Waals surface area contributed by atoms with Crippen molar-refractivity contribution in [2.75, 3.05) is 25.0 Å². The van der Waals surface area contributed by atoms with Crippen molar-refractivity contribution < 1.29 is 36.6 Å². The quantitative estimate of drug-likeness (QED) is 0.231. The van der Waals surface area contributed by atoms with Gasteiger partial charge < -0.3 is 19.7 Å². The molecule has 1 saturated heterocycles. The minimum absolute atomic E-state index is 0.00440. The Morgan fingerprint density at radius 1 is 1.07 bits per heavy atom. The van der Waals surface area contributed by atoms with E-state index in [1.807, 2.05) is 0 Å². The van der Waals surface area contributed by atoms with Crippen molar-refractivity contribution >= 4 is 40.9 Å². The Morgan fingerprint density at radius 3 is 2.57 bits per heavy atom. The third-order valence-electron chi connectivity index (χ3n) is 7.89. The van der Waals surface area contributed by atoms with Crippen molar-refractivity contribution in [3.8, 4) is 5.75 Å². The van der Waals surface area contributed by atoms with Crippen molar-refractivity contribution in [3.63, 3.8) is 0 Å². The summed E-state index contributed by atoms with van der Waals surface area (Å²) in [6.45, 7) is 1.85. The third kappa shape index (κ3) is 7.75. The van der Waals surface area contributed by atoms with Gasteiger partial charge in [-0.05, 0) is 73.0 Å². The van der Waals surface area contributed by atoms with E-state index in [1.165, 1.54) is 30.3 Å². The highest BCUT2D eigenvalue weighted by atomic mass is 35.5. The van der Waals surface area contributed by atoms with Gasteiger partial charge in [0.1, 0.15) is 17.2 Å². The predicted octanol–water partition coefficient (Wildman–Crippen LogP) is 7.76. The Bertz CT molecular complexity index is 1530. The van der Waals surface area contributed by atoms with Gasteiger partial charge in [-0.3, -0.25) is 10.1 Å². The Balaban J connectivity index is 1.21. The number of nitrogens with one attached hydrogen (secondary N) is 2. The van der Waals surface area contributed by atoms with Gasteiger partial charge >= 0.3 is 12.5 Å². The molecular weight excluding hydrogens is 625 g/mol. The number of carbonyl (C=O) groups is 2. The van der Waals surface area contributed by atoms with Gasteiger partial charge in [0.2, 0.25) is 5.91 Å². The zero-order valence-electron chi connectivity index (χ0n) is 23.4. The van der Waals surface area contributed by atoms with Gasteiger partial charge in [0.15, 0.2) is 0 Å². The summed E-state index contributed by atoms with van der Waals surface area (Å²) in [5.74, 6) is -1.69. The Hall–Kier alpha value is -3.54. The van der Waals surface area contributed by atoms with Crippen LogP contribution >= 0.6 is 23.2 Å². The molecule has 2 amide bonds. The van der Waals surface area contributed by atoms with Gasteiger partial charge in [0.05, 0.1) is 21.7 Å². The van der Waals surface area contributed by atoms with Crippen molar-refractivity contribution in [1.82, 2.24) is 10.2 Å². The zero-order valence-corrected chi connectivity index (χ0v) is 24.9. The molecule has 5 rings (SSSR count). The lowest BCUT2D eigenvalue weighted by atomic mass is 9.82. The summed E-state index contributed by atoms with van der Waals surface area (Å²) < 4.78 is 61.6. The lowest BCUT2D eigenvalue weighted by Gasteiger charge is -2.44. The van der Waals surface area contributed by atoms with E-state index in [1.54, 1.807) is 30.3 Å². The third-order valence-corrected chi connectivity index (χ3v) is 8.63. The van der Waals surface area contributed by atoms with Crippen LogP contribution in [-0.2, 0) is 21.7 Å². The summed E-state index contributed by atoms with van der Waals surface area (Å²) in [4.78, 5) is 27.8. The number of fused-ring (bicyclic) bond motifs is 2. The van der Waals surface area contributed by atoms with Gasteiger partial charge in [0, 0.05) is 38.0 Å². The van der Waals surface area contributed by atoms with Crippen LogP contribution in [0, 0.1) is 5.82 Å². The first-order valence-electron chi connectivity index (χ1n) is 14.0. The number of likely N-dealkylation sites (tertiary alicyclic amines) is 1. The van der Waals surface area contributed by atoms with Crippen LogP contribution in [-0.4, -0.2) is 42.9 Å². The first kappa shape index (κ1) is 31.9. The predicted molar refractivity (Wildman–Crippen MR) is 157 cm³/mol. The van der Waals surface area contributed by atoms with Gasteiger partial charge in [0.25, 0.3) is 0 Å². The van der Waals surface area contributed by atoms with Crippen molar-refractivity contribution in [2.24, 2.45) is 0 Å². The van der Waals surface area contributed by atoms with Crippen LogP contribution in [0.4, 0.5) is 28.0 Å². The molecule has 0 aliphatic carbocycles. The molecule has 1 unspecified atom stereocenters. The fourth-order valence-electron chi connectivity index (χ4n) is 5.74.